The second-order valence-electron chi connectivity index (χ2n) is 4.03. The molecule has 0 heterocycles. The van der Waals surface area contributed by atoms with Gasteiger partial charge in [-0.05, 0) is 44.7 Å². The van der Waals surface area contributed by atoms with Crippen LogP contribution in [-0.4, -0.2) is 42.6 Å². The van der Waals surface area contributed by atoms with Crippen LogP contribution in [0.2, 0.25) is 0 Å². The van der Waals surface area contributed by atoms with E-state index >= 15 is 0 Å². The van der Waals surface area contributed by atoms with E-state index in [4.69, 9.17) is 5.11 Å². The van der Waals surface area contributed by atoms with Gasteiger partial charge >= 0.3 is 0 Å². The van der Waals surface area contributed by atoms with E-state index in [1.54, 1.807) is 11.8 Å². The third-order valence-electron chi connectivity index (χ3n) is 2.70. The fourth-order valence-corrected chi connectivity index (χ4v) is 2.11. The van der Waals surface area contributed by atoms with Gasteiger partial charge in [-0.15, -0.1) is 0 Å². The first kappa shape index (κ1) is 15.9. The van der Waals surface area contributed by atoms with Crippen LogP contribution < -0.4 is 5.32 Å². The Balaban J connectivity index is 3.44. The Bertz CT molecular complexity index is 176. The average molecular weight is 247 g/mol. The largest absolute Gasteiger partial charge is 0.396 e. The van der Waals surface area contributed by atoms with E-state index in [1.807, 2.05) is 7.05 Å². The molecule has 0 spiro atoms. The van der Waals surface area contributed by atoms with Crippen molar-refractivity contribution in [1.29, 1.82) is 0 Å². The van der Waals surface area contributed by atoms with Gasteiger partial charge in [0, 0.05) is 25.5 Å². The Morgan fingerprint density at radius 2 is 2.00 bits per heavy atom. The molecule has 0 radical (unpaired) electrons. The number of aliphatic hydroxyl groups is 1. The van der Waals surface area contributed by atoms with Gasteiger partial charge < -0.3 is 10.4 Å². The highest BCUT2D eigenvalue weighted by Gasteiger charge is 2.07. The number of hydrogen-bond acceptors (Lipinski definition) is 4. The SMILES string of the molecule is CNC(CCO)CCCC(=O)CCCSC. The predicted octanol–water partition coefficient (Wildman–Crippen LogP) is 1.84. The highest BCUT2D eigenvalue weighted by molar-refractivity contribution is 7.98. The van der Waals surface area contributed by atoms with Crippen molar-refractivity contribution in [1.82, 2.24) is 5.32 Å². The highest BCUT2D eigenvalue weighted by Crippen LogP contribution is 2.08. The number of aliphatic hydroxyl groups excluding tert-OH is 1. The number of Topliss-reactive ketones (excluding diaryl/α,β-unsaturated/α-hetero) is 1. The topological polar surface area (TPSA) is 49.3 Å². The van der Waals surface area contributed by atoms with Gasteiger partial charge in [-0.25, -0.2) is 0 Å². The van der Waals surface area contributed by atoms with E-state index in [0.717, 1.165) is 37.9 Å². The van der Waals surface area contributed by atoms with E-state index in [9.17, 15) is 4.79 Å². The second-order valence-corrected chi connectivity index (χ2v) is 5.01. The summed E-state index contributed by atoms with van der Waals surface area (Å²) >= 11 is 1.79. The third kappa shape index (κ3) is 9.19. The monoisotopic (exact) mass is 247 g/mol. The van der Waals surface area contributed by atoms with Gasteiger partial charge in [0.05, 0.1) is 0 Å². The molecule has 0 aromatic heterocycles. The summed E-state index contributed by atoms with van der Waals surface area (Å²) in [5.74, 6) is 1.46. The number of hydrogen-bond donors (Lipinski definition) is 2. The molecule has 0 rings (SSSR count). The van der Waals surface area contributed by atoms with Crippen LogP contribution in [0.1, 0.15) is 38.5 Å². The number of rotatable bonds is 11. The molecule has 1 atom stereocenters. The fourth-order valence-electron chi connectivity index (χ4n) is 1.67. The lowest BCUT2D eigenvalue weighted by Crippen LogP contribution is -2.26. The summed E-state index contributed by atoms with van der Waals surface area (Å²) in [6.07, 6.45) is 7.18. The summed E-state index contributed by atoms with van der Waals surface area (Å²) in [7, 11) is 1.90. The Morgan fingerprint density at radius 3 is 2.56 bits per heavy atom. The number of carbonyl (C=O) groups excluding carboxylic acids is 1. The maximum absolute atomic E-state index is 11.5. The second kappa shape index (κ2) is 11.4. The Morgan fingerprint density at radius 1 is 1.31 bits per heavy atom. The number of carbonyl (C=O) groups is 1. The Kier molecular flexibility index (Phi) is 11.4. The van der Waals surface area contributed by atoms with Crippen LogP contribution in [0, 0.1) is 0 Å². The van der Waals surface area contributed by atoms with Crippen molar-refractivity contribution in [2.75, 3.05) is 25.7 Å². The number of nitrogens with one attached hydrogen (secondary N) is 1. The molecule has 0 bridgehead atoms. The van der Waals surface area contributed by atoms with E-state index in [1.165, 1.54) is 0 Å². The molecule has 96 valence electrons. The summed E-state index contributed by atoms with van der Waals surface area (Å²) in [6.45, 7) is 0.215. The molecular weight excluding hydrogens is 222 g/mol. The van der Waals surface area contributed by atoms with Gasteiger partial charge in [-0.3, -0.25) is 4.79 Å². The zero-order valence-corrected chi connectivity index (χ0v) is 11.3. The molecule has 0 saturated heterocycles. The molecule has 0 aromatic carbocycles. The smallest absolute Gasteiger partial charge is 0.132 e. The van der Waals surface area contributed by atoms with E-state index in [2.05, 4.69) is 11.6 Å². The van der Waals surface area contributed by atoms with Gasteiger partial charge in [0.2, 0.25) is 0 Å². The van der Waals surface area contributed by atoms with Gasteiger partial charge in [-0.2, -0.15) is 11.8 Å². The van der Waals surface area contributed by atoms with Crippen molar-refractivity contribution in [2.45, 2.75) is 44.6 Å². The van der Waals surface area contributed by atoms with Crippen LogP contribution in [0.3, 0.4) is 0 Å². The number of thioether (sulfide) groups is 1. The van der Waals surface area contributed by atoms with Gasteiger partial charge in [-0.1, -0.05) is 0 Å². The Hall–Kier alpha value is -0.0600. The van der Waals surface area contributed by atoms with E-state index in [-0.39, 0.29) is 6.61 Å². The average Bonchev–Trinajstić information content (AvgIpc) is 2.28. The van der Waals surface area contributed by atoms with Crippen LogP contribution in [0.15, 0.2) is 0 Å². The molecule has 0 aliphatic heterocycles. The van der Waals surface area contributed by atoms with Gasteiger partial charge in [0.1, 0.15) is 5.78 Å². The lowest BCUT2D eigenvalue weighted by Gasteiger charge is -2.13. The van der Waals surface area contributed by atoms with Crippen molar-refractivity contribution in [3.63, 3.8) is 0 Å². The molecule has 4 heteroatoms. The minimum Gasteiger partial charge on any atom is -0.396 e. The Labute approximate surface area is 103 Å². The van der Waals surface area contributed by atoms with Crippen molar-refractivity contribution < 1.29 is 9.90 Å². The molecule has 3 nitrogen and oxygen atoms in total. The first-order valence-electron chi connectivity index (χ1n) is 6.03. The summed E-state index contributed by atoms with van der Waals surface area (Å²) < 4.78 is 0. The molecular formula is C12H25NO2S. The first-order chi connectivity index (χ1) is 7.74. The predicted molar refractivity (Wildman–Crippen MR) is 71.0 cm³/mol. The molecule has 0 saturated carbocycles. The number of ketones is 1. The van der Waals surface area contributed by atoms with Crippen molar-refractivity contribution >= 4 is 17.5 Å². The zero-order valence-electron chi connectivity index (χ0n) is 10.5. The molecule has 0 aromatic rings. The zero-order chi connectivity index (χ0) is 12.2. The molecule has 0 amide bonds. The molecule has 1 unspecified atom stereocenters. The molecule has 0 fully saturated rings. The summed E-state index contributed by atoms with van der Waals surface area (Å²) in [6, 6.07) is 0.351. The van der Waals surface area contributed by atoms with Crippen molar-refractivity contribution in [3.8, 4) is 0 Å². The lowest BCUT2D eigenvalue weighted by atomic mass is 10.0. The van der Waals surface area contributed by atoms with Crippen LogP contribution >= 0.6 is 11.8 Å². The van der Waals surface area contributed by atoms with Crippen molar-refractivity contribution in [2.24, 2.45) is 0 Å². The lowest BCUT2D eigenvalue weighted by molar-refractivity contribution is -0.119. The van der Waals surface area contributed by atoms with E-state index < -0.39 is 0 Å². The van der Waals surface area contributed by atoms with Gasteiger partial charge in [0.25, 0.3) is 0 Å². The van der Waals surface area contributed by atoms with Crippen LogP contribution in [0.5, 0.6) is 0 Å². The minimum atomic E-state index is 0.215. The molecule has 0 aliphatic rings. The molecule has 2 N–H and O–H groups in total. The summed E-state index contributed by atoms with van der Waals surface area (Å²) in [5, 5.41) is 12.0. The maximum atomic E-state index is 11.5. The summed E-state index contributed by atoms with van der Waals surface area (Å²) in [4.78, 5) is 11.5. The van der Waals surface area contributed by atoms with Gasteiger partial charge in [0.15, 0.2) is 0 Å². The molecule has 0 aliphatic carbocycles. The maximum Gasteiger partial charge on any atom is 0.132 e. The van der Waals surface area contributed by atoms with Crippen LogP contribution in [0.4, 0.5) is 0 Å². The standard InChI is InChI=1S/C12H25NO2S/c1-13-11(8-9-14)5-3-6-12(15)7-4-10-16-2/h11,13-14H,3-10H2,1-2H3. The quantitative estimate of drug-likeness (QED) is 0.547. The van der Waals surface area contributed by atoms with Crippen molar-refractivity contribution in [3.05, 3.63) is 0 Å². The van der Waals surface area contributed by atoms with E-state index in [0.29, 0.717) is 18.2 Å². The molecule has 16 heavy (non-hydrogen) atoms. The van der Waals surface area contributed by atoms with Crippen LogP contribution in [0.25, 0.3) is 0 Å². The van der Waals surface area contributed by atoms with Crippen LogP contribution in [-0.2, 0) is 4.79 Å². The summed E-state index contributed by atoms with van der Waals surface area (Å²) in [5.41, 5.74) is 0. The minimum absolute atomic E-state index is 0.215. The first-order valence-corrected chi connectivity index (χ1v) is 7.42. The normalized spacial score (nSPS) is 12.7. The third-order valence-corrected chi connectivity index (χ3v) is 3.40. The highest BCUT2D eigenvalue weighted by atomic mass is 32.2. The fraction of sp³-hybridized carbons (Fsp3) is 0.917.